The maximum Gasteiger partial charge on any atom is 0.433 e. The molecule has 0 bridgehead atoms. The zero-order chi connectivity index (χ0) is 16.7. The predicted octanol–water partition coefficient (Wildman–Crippen LogP) is 4.21. The first-order valence-electron chi connectivity index (χ1n) is 7.19. The highest BCUT2D eigenvalue weighted by Gasteiger charge is 2.35. The smallest absolute Gasteiger partial charge is 0.433 e. The average molecular weight is 323 g/mol. The van der Waals surface area contributed by atoms with E-state index < -0.39 is 17.5 Å². The van der Waals surface area contributed by atoms with E-state index >= 15 is 0 Å². The Morgan fingerprint density at radius 2 is 1.96 bits per heavy atom. The molecule has 1 aliphatic heterocycles. The van der Waals surface area contributed by atoms with Crippen molar-refractivity contribution >= 4 is 5.95 Å². The fourth-order valence-electron chi connectivity index (χ4n) is 2.67. The van der Waals surface area contributed by atoms with E-state index in [2.05, 4.69) is 15.3 Å². The molecule has 1 unspecified atom stereocenters. The summed E-state index contributed by atoms with van der Waals surface area (Å²) in [4.78, 5) is 7.48. The van der Waals surface area contributed by atoms with Gasteiger partial charge in [0.05, 0.1) is 6.04 Å². The van der Waals surface area contributed by atoms with Crippen LogP contribution in [0.2, 0.25) is 0 Å². The van der Waals surface area contributed by atoms with Gasteiger partial charge in [0.15, 0.2) is 0 Å². The standard InChI is InChI=1S/C16H16F3N3O/c1-15(2)9-11(10-5-3-4-6-12(10)23-15)21-14-20-8-7-13(22-14)16(17,18)19/h3-8,11H,9H2,1-2H3,(H,20,21,22). The van der Waals surface area contributed by atoms with Crippen LogP contribution in [-0.4, -0.2) is 15.6 Å². The minimum atomic E-state index is -4.49. The summed E-state index contributed by atoms with van der Waals surface area (Å²) in [6.07, 6.45) is -2.80. The quantitative estimate of drug-likeness (QED) is 0.899. The molecule has 0 fully saturated rings. The number of hydrogen-bond donors (Lipinski definition) is 1. The number of alkyl halides is 3. The third-order valence-corrected chi connectivity index (χ3v) is 3.63. The number of benzene rings is 1. The number of para-hydroxylation sites is 1. The number of rotatable bonds is 2. The summed E-state index contributed by atoms with van der Waals surface area (Å²) in [5.41, 5.74) is -0.518. The van der Waals surface area contributed by atoms with Gasteiger partial charge in [-0.3, -0.25) is 0 Å². The zero-order valence-corrected chi connectivity index (χ0v) is 12.7. The van der Waals surface area contributed by atoms with Gasteiger partial charge in [-0.2, -0.15) is 13.2 Å². The molecular weight excluding hydrogens is 307 g/mol. The lowest BCUT2D eigenvalue weighted by Crippen LogP contribution is -2.37. The van der Waals surface area contributed by atoms with Crippen molar-refractivity contribution in [3.63, 3.8) is 0 Å². The number of aromatic nitrogens is 2. The maximum atomic E-state index is 12.8. The second-order valence-corrected chi connectivity index (χ2v) is 6.06. The van der Waals surface area contributed by atoms with Crippen LogP contribution in [0.25, 0.3) is 0 Å². The summed E-state index contributed by atoms with van der Waals surface area (Å²) in [5, 5.41) is 3.00. The molecule has 1 atom stereocenters. The van der Waals surface area contributed by atoms with Crippen LogP contribution < -0.4 is 10.1 Å². The Kier molecular flexibility index (Phi) is 3.66. The van der Waals surface area contributed by atoms with Gasteiger partial charge < -0.3 is 10.1 Å². The van der Waals surface area contributed by atoms with Crippen molar-refractivity contribution in [2.45, 2.75) is 38.1 Å². The minimum Gasteiger partial charge on any atom is -0.487 e. The summed E-state index contributed by atoms with van der Waals surface area (Å²) in [6, 6.07) is 8.08. The second kappa shape index (κ2) is 5.40. The van der Waals surface area contributed by atoms with E-state index in [1.54, 1.807) is 0 Å². The average Bonchev–Trinajstić information content (AvgIpc) is 2.45. The maximum absolute atomic E-state index is 12.8. The van der Waals surface area contributed by atoms with Crippen LogP contribution in [-0.2, 0) is 6.18 Å². The van der Waals surface area contributed by atoms with Crippen molar-refractivity contribution in [1.29, 1.82) is 0 Å². The molecule has 23 heavy (non-hydrogen) atoms. The molecule has 2 aromatic rings. The fourth-order valence-corrected chi connectivity index (χ4v) is 2.67. The van der Waals surface area contributed by atoms with E-state index in [0.717, 1.165) is 17.8 Å². The van der Waals surface area contributed by atoms with Crippen LogP contribution >= 0.6 is 0 Å². The van der Waals surface area contributed by atoms with Crippen molar-refractivity contribution in [3.05, 3.63) is 47.8 Å². The van der Waals surface area contributed by atoms with Crippen molar-refractivity contribution in [2.75, 3.05) is 5.32 Å². The molecule has 3 rings (SSSR count). The van der Waals surface area contributed by atoms with Gasteiger partial charge in [0.25, 0.3) is 0 Å². The predicted molar refractivity (Wildman–Crippen MR) is 79.2 cm³/mol. The van der Waals surface area contributed by atoms with Crippen LogP contribution in [0.3, 0.4) is 0 Å². The Morgan fingerprint density at radius 3 is 2.70 bits per heavy atom. The van der Waals surface area contributed by atoms with E-state index in [1.807, 2.05) is 38.1 Å². The normalized spacial score (nSPS) is 19.6. The zero-order valence-electron chi connectivity index (χ0n) is 12.7. The largest absolute Gasteiger partial charge is 0.487 e. The highest BCUT2D eigenvalue weighted by molar-refractivity contribution is 5.43. The van der Waals surface area contributed by atoms with Crippen LogP contribution in [0.5, 0.6) is 5.75 Å². The van der Waals surface area contributed by atoms with Crippen LogP contribution in [0, 0.1) is 0 Å². The monoisotopic (exact) mass is 323 g/mol. The van der Waals surface area contributed by atoms with Crippen molar-refractivity contribution in [3.8, 4) is 5.75 Å². The van der Waals surface area contributed by atoms with Gasteiger partial charge in [0, 0.05) is 18.2 Å². The lowest BCUT2D eigenvalue weighted by Gasteiger charge is -2.37. The van der Waals surface area contributed by atoms with Crippen LogP contribution in [0.4, 0.5) is 19.1 Å². The fraction of sp³-hybridized carbons (Fsp3) is 0.375. The Balaban J connectivity index is 1.91. The highest BCUT2D eigenvalue weighted by atomic mass is 19.4. The number of ether oxygens (including phenoxy) is 1. The SMILES string of the molecule is CC1(C)CC(Nc2nccc(C(F)(F)F)n2)c2ccccc2O1. The van der Waals surface area contributed by atoms with E-state index in [0.29, 0.717) is 12.2 Å². The molecule has 1 aromatic heterocycles. The second-order valence-electron chi connectivity index (χ2n) is 6.06. The topological polar surface area (TPSA) is 47.0 Å². The molecule has 2 heterocycles. The molecule has 122 valence electrons. The van der Waals surface area contributed by atoms with Crippen molar-refractivity contribution in [2.24, 2.45) is 0 Å². The molecule has 1 aromatic carbocycles. The van der Waals surface area contributed by atoms with E-state index in [9.17, 15) is 13.2 Å². The summed E-state index contributed by atoms with van der Waals surface area (Å²) in [6.45, 7) is 3.87. The molecule has 0 saturated carbocycles. The molecule has 7 heteroatoms. The molecule has 0 spiro atoms. The van der Waals surface area contributed by atoms with Gasteiger partial charge in [0.1, 0.15) is 17.0 Å². The number of fused-ring (bicyclic) bond motifs is 1. The Morgan fingerprint density at radius 1 is 1.22 bits per heavy atom. The first-order chi connectivity index (χ1) is 10.7. The number of halogens is 3. The van der Waals surface area contributed by atoms with Gasteiger partial charge >= 0.3 is 6.18 Å². The molecule has 0 radical (unpaired) electrons. The van der Waals surface area contributed by atoms with Crippen molar-refractivity contribution < 1.29 is 17.9 Å². The highest BCUT2D eigenvalue weighted by Crippen LogP contribution is 2.40. The molecule has 0 amide bonds. The summed E-state index contributed by atoms with van der Waals surface area (Å²) in [5.74, 6) is 0.672. The third-order valence-electron chi connectivity index (χ3n) is 3.63. The first kappa shape index (κ1) is 15.6. The van der Waals surface area contributed by atoms with Crippen LogP contribution in [0.1, 0.15) is 37.6 Å². The number of nitrogens with zero attached hydrogens (tertiary/aromatic N) is 2. The molecule has 1 N–H and O–H groups in total. The van der Waals surface area contributed by atoms with Gasteiger partial charge in [-0.05, 0) is 26.0 Å². The van der Waals surface area contributed by atoms with E-state index in [4.69, 9.17) is 4.74 Å². The molecule has 0 aliphatic carbocycles. The first-order valence-corrected chi connectivity index (χ1v) is 7.19. The van der Waals surface area contributed by atoms with E-state index in [-0.39, 0.29) is 12.0 Å². The van der Waals surface area contributed by atoms with Gasteiger partial charge in [-0.15, -0.1) is 0 Å². The number of hydrogen-bond acceptors (Lipinski definition) is 4. The number of anilines is 1. The van der Waals surface area contributed by atoms with E-state index in [1.165, 1.54) is 0 Å². The lowest BCUT2D eigenvalue weighted by molar-refractivity contribution is -0.141. The summed E-state index contributed by atoms with van der Waals surface area (Å²) < 4.78 is 44.2. The Labute approximate surface area is 131 Å². The van der Waals surface area contributed by atoms with Gasteiger partial charge in [0.2, 0.25) is 5.95 Å². The molecule has 0 saturated heterocycles. The van der Waals surface area contributed by atoms with Gasteiger partial charge in [-0.1, -0.05) is 18.2 Å². The molecule has 4 nitrogen and oxygen atoms in total. The Hall–Kier alpha value is -2.31. The summed E-state index contributed by atoms with van der Waals surface area (Å²) >= 11 is 0. The van der Waals surface area contributed by atoms with Gasteiger partial charge in [-0.25, -0.2) is 9.97 Å². The van der Waals surface area contributed by atoms with Crippen molar-refractivity contribution in [1.82, 2.24) is 9.97 Å². The molecule has 1 aliphatic rings. The minimum absolute atomic E-state index is 0.0441. The van der Waals surface area contributed by atoms with Crippen LogP contribution in [0.15, 0.2) is 36.5 Å². The summed E-state index contributed by atoms with van der Waals surface area (Å²) in [7, 11) is 0. The number of nitrogens with one attached hydrogen (secondary N) is 1. The molecular formula is C16H16F3N3O. The Bertz CT molecular complexity index is 716. The third kappa shape index (κ3) is 3.38. The lowest BCUT2D eigenvalue weighted by atomic mass is 9.90.